The molecular formula is C12H20N2O3. The van der Waals surface area contributed by atoms with Crippen LogP contribution in [0.2, 0.25) is 0 Å². The molecule has 0 radical (unpaired) electrons. The van der Waals surface area contributed by atoms with E-state index in [9.17, 15) is 9.59 Å². The van der Waals surface area contributed by atoms with Crippen molar-refractivity contribution >= 4 is 11.8 Å². The highest BCUT2D eigenvalue weighted by Gasteiger charge is 2.40. The lowest BCUT2D eigenvalue weighted by molar-refractivity contribution is -0.146. The smallest absolute Gasteiger partial charge is 0.239 e. The SMILES string of the molecule is COC1(CC(=O)N2CCCNC(=O)C2)CCC1. The monoisotopic (exact) mass is 240 g/mol. The number of nitrogens with one attached hydrogen (secondary N) is 1. The minimum absolute atomic E-state index is 0.0450. The third-order valence-corrected chi connectivity index (χ3v) is 3.79. The Hall–Kier alpha value is -1.10. The summed E-state index contributed by atoms with van der Waals surface area (Å²) in [6.07, 6.45) is 4.28. The summed E-state index contributed by atoms with van der Waals surface area (Å²) in [6, 6.07) is 0. The maximum Gasteiger partial charge on any atom is 0.239 e. The maximum atomic E-state index is 12.1. The lowest BCUT2D eigenvalue weighted by Crippen LogP contribution is -2.46. The maximum absolute atomic E-state index is 12.1. The average Bonchev–Trinajstić information content (AvgIpc) is 2.48. The van der Waals surface area contributed by atoms with Gasteiger partial charge in [-0.2, -0.15) is 0 Å². The summed E-state index contributed by atoms with van der Waals surface area (Å²) in [5.41, 5.74) is -0.250. The van der Waals surface area contributed by atoms with Crippen LogP contribution in [-0.2, 0) is 14.3 Å². The lowest BCUT2D eigenvalue weighted by atomic mass is 9.77. The summed E-state index contributed by atoms with van der Waals surface area (Å²) in [6.45, 7) is 1.52. The predicted molar refractivity (Wildman–Crippen MR) is 62.4 cm³/mol. The number of carbonyl (C=O) groups is 2. The van der Waals surface area contributed by atoms with Crippen molar-refractivity contribution in [2.75, 3.05) is 26.7 Å². The van der Waals surface area contributed by atoms with Gasteiger partial charge in [-0.3, -0.25) is 9.59 Å². The molecule has 1 heterocycles. The zero-order valence-electron chi connectivity index (χ0n) is 10.3. The van der Waals surface area contributed by atoms with Crippen LogP contribution in [-0.4, -0.2) is 49.1 Å². The van der Waals surface area contributed by atoms with Gasteiger partial charge in [0.15, 0.2) is 0 Å². The first-order valence-electron chi connectivity index (χ1n) is 6.25. The number of nitrogens with zero attached hydrogens (tertiary/aromatic N) is 1. The molecule has 0 spiro atoms. The molecule has 1 aliphatic heterocycles. The van der Waals surface area contributed by atoms with Gasteiger partial charge >= 0.3 is 0 Å². The molecule has 0 aromatic rings. The Morgan fingerprint density at radius 2 is 2.24 bits per heavy atom. The molecule has 0 bridgehead atoms. The van der Waals surface area contributed by atoms with E-state index in [0.29, 0.717) is 19.5 Å². The Balaban J connectivity index is 1.92. The van der Waals surface area contributed by atoms with Crippen molar-refractivity contribution in [3.05, 3.63) is 0 Å². The van der Waals surface area contributed by atoms with Crippen LogP contribution >= 0.6 is 0 Å². The zero-order valence-corrected chi connectivity index (χ0v) is 10.3. The minimum atomic E-state index is -0.250. The highest BCUT2D eigenvalue weighted by Crippen LogP contribution is 2.38. The number of amides is 2. The van der Waals surface area contributed by atoms with Crippen LogP contribution in [0.4, 0.5) is 0 Å². The van der Waals surface area contributed by atoms with Crippen molar-refractivity contribution in [2.24, 2.45) is 0 Å². The van der Waals surface area contributed by atoms with E-state index >= 15 is 0 Å². The second-order valence-electron chi connectivity index (χ2n) is 4.94. The van der Waals surface area contributed by atoms with Crippen molar-refractivity contribution in [3.8, 4) is 0 Å². The van der Waals surface area contributed by atoms with Crippen LogP contribution in [0.15, 0.2) is 0 Å². The van der Waals surface area contributed by atoms with E-state index in [1.807, 2.05) is 0 Å². The number of rotatable bonds is 3. The van der Waals surface area contributed by atoms with Crippen molar-refractivity contribution in [2.45, 2.75) is 37.7 Å². The Morgan fingerprint density at radius 1 is 1.47 bits per heavy atom. The fourth-order valence-electron chi connectivity index (χ4n) is 2.43. The van der Waals surface area contributed by atoms with Crippen LogP contribution in [0.5, 0.6) is 0 Å². The summed E-state index contributed by atoms with van der Waals surface area (Å²) in [5, 5.41) is 2.77. The molecular weight excluding hydrogens is 220 g/mol. The van der Waals surface area contributed by atoms with Crippen LogP contribution < -0.4 is 5.32 Å². The molecule has 0 atom stereocenters. The Bertz CT molecular complexity index is 307. The van der Waals surface area contributed by atoms with Gasteiger partial charge in [-0.05, 0) is 25.7 Å². The second-order valence-corrected chi connectivity index (χ2v) is 4.94. The van der Waals surface area contributed by atoms with Gasteiger partial charge in [0, 0.05) is 20.2 Å². The van der Waals surface area contributed by atoms with E-state index < -0.39 is 0 Å². The normalized spacial score (nSPS) is 23.6. The molecule has 1 saturated carbocycles. The quantitative estimate of drug-likeness (QED) is 0.771. The van der Waals surface area contributed by atoms with E-state index in [1.165, 1.54) is 0 Å². The average molecular weight is 240 g/mol. The number of hydrogen-bond donors (Lipinski definition) is 1. The standard InChI is InChI=1S/C12H20N2O3/c1-17-12(4-2-5-12)8-11(16)14-7-3-6-13-10(15)9-14/h2-9H2,1H3,(H,13,15). The Kier molecular flexibility index (Phi) is 3.66. The van der Waals surface area contributed by atoms with E-state index in [0.717, 1.165) is 25.7 Å². The van der Waals surface area contributed by atoms with Gasteiger partial charge in [-0.15, -0.1) is 0 Å². The molecule has 1 aliphatic carbocycles. The molecule has 1 saturated heterocycles. The fourth-order valence-corrected chi connectivity index (χ4v) is 2.43. The Labute approximate surface area is 101 Å². The first-order valence-corrected chi connectivity index (χ1v) is 6.25. The first kappa shape index (κ1) is 12.4. The molecule has 2 aliphatic rings. The van der Waals surface area contributed by atoms with Crippen molar-refractivity contribution in [1.29, 1.82) is 0 Å². The topological polar surface area (TPSA) is 58.6 Å². The van der Waals surface area contributed by atoms with E-state index in [2.05, 4.69) is 5.32 Å². The van der Waals surface area contributed by atoms with Crippen LogP contribution in [0, 0.1) is 0 Å². The van der Waals surface area contributed by atoms with Gasteiger partial charge in [0.1, 0.15) is 0 Å². The van der Waals surface area contributed by atoms with Crippen molar-refractivity contribution in [3.63, 3.8) is 0 Å². The van der Waals surface area contributed by atoms with E-state index in [-0.39, 0.29) is 24.0 Å². The van der Waals surface area contributed by atoms with E-state index in [4.69, 9.17) is 4.74 Å². The van der Waals surface area contributed by atoms with Gasteiger partial charge in [-0.1, -0.05) is 0 Å². The highest BCUT2D eigenvalue weighted by atomic mass is 16.5. The molecule has 0 aromatic carbocycles. The summed E-state index contributed by atoms with van der Waals surface area (Å²) >= 11 is 0. The third kappa shape index (κ3) is 2.77. The van der Waals surface area contributed by atoms with Gasteiger partial charge in [-0.25, -0.2) is 0 Å². The van der Waals surface area contributed by atoms with Crippen molar-refractivity contribution < 1.29 is 14.3 Å². The van der Waals surface area contributed by atoms with Gasteiger partial charge in [0.2, 0.25) is 11.8 Å². The predicted octanol–water partition coefficient (Wildman–Crippen LogP) is 0.294. The molecule has 96 valence electrons. The summed E-state index contributed by atoms with van der Waals surface area (Å²) in [5.74, 6) is -0.0143. The van der Waals surface area contributed by atoms with Crippen LogP contribution in [0.25, 0.3) is 0 Å². The number of methoxy groups -OCH3 is 1. The first-order chi connectivity index (χ1) is 8.15. The molecule has 17 heavy (non-hydrogen) atoms. The highest BCUT2D eigenvalue weighted by molar-refractivity contribution is 5.85. The molecule has 2 fully saturated rings. The van der Waals surface area contributed by atoms with Gasteiger partial charge in [0.25, 0.3) is 0 Å². The summed E-state index contributed by atoms with van der Waals surface area (Å²) < 4.78 is 5.45. The second kappa shape index (κ2) is 5.04. The summed E-state index contributed by atoms with van der Waals surface area (Å²) in [7, 11) is 1.67. The summed E-state index contributed by atoms with van der Waals surface area (Å²) in [4.78, 5) is 25.2. The fraction of sp³-hybridized carbons (Fsp3) is 0.833. The number of carbonyl (C=O) groups excluding carboxylic acids is 2. The Morgan fingerprint density at radius 3 is 2.82 bits per heavy atom. The largest absolute Gasteiger partial charge is 0.378 e. The van der Waals surface area contributed by atoms with Crippen LogP contribution in [0.1, 0.15) is 32.1 Å². The zero-order chi connectivity index (χ0) is 12.3. The number of ether oxygens (including phenoxy) is 1. The van der Waals surface area contributed by atoms with Crippen LogP contribution in [0.3, 0.4) is 0 Å². The van der Waals surface area contributed by atoms with Gasteiger partial charge in [0.05, 0.1) is 18.6 Å². The van der Waals surface area contributed by atoms with Gasteiger partial charge < -0.3 is 15.0 Å². The molecule has 0 unspecified atom stereocenters. The molecule has 2 rings (SSSR count). The molecule has 0 aromatic heterocycles. The third-order valence-electron chi connectivity index (χ3n) is 3.79. The van der Waals surface area contributed by atoms with E-state index in [1.54, 1.807) is 12.0 Å². The lowest BCUT2D eigenvalue weighted by Gasteiger charge is -2.40. The molecule has 5 heteroatoms. The minimum Gasteiger partial charge on any atom is -0.378 e. The molecule has 5 nitrogen and oxygen atoms in total. The molecule has 2 amide bonds. The van der Waals surface area contributed by atoms with Crippen molar-refractivity contribution in [1.82, 2.24) is 10.2 Å². The number of hydrogen-bond acceptors (Lipinski definition) is 3. The molecule has 1 N–H and O–H groups in total.